The predicted molar refractivity (Wildman–Crippen MR) is 134 cm³/mol. The molecular formula is C26H28N8O. The third kappa shape index (κ3) is 4.09. The number of aromatic amines is 1. The fraction of sp³-hybridized carbons (Fsp3) is 0.423. The molecule has 35 heavy (non-hydrogen) atoms. The van der Waals surface area contributed by atoms with Crippen LogP contribution in [-0.4, -0.2) is 56.0 Å². The normalized spacial score (nSPS) is 17.9. The lowest BCUT2D eigenvalue weighted by Gasteiger charge is -2.18. The number of nitrogens with zero attached hydrogens (tertiary/aromatic N) is 7. The maximum atomic E-state index is 7.23. The minimum absolute atomic E-state index is 0.253. The highest BCUT2D eigenvalue weighted by Gasteiger charge is 2.33. The van der Waals surface area contributed by atoms with E-state index in [1.54, 1.807) is 11.6 Å². The van der Waals surface area contributed by atoms with E-state index in [0.29, 0.717) is 17.3 Å². The zero-order valence-electron chi connectivity index (χ0n) is 20.2. The van der Waals surface area contributed by atoms with Gasteiger partial charge in [-0.25, -0.2) is 22.6 Å². The predicted octanol–water partition coefficient (Wildman–Crippen LogP) is 5.10. The molecular weight excluding hydrogens is 440 g/mol. The lowest BCUT2D eigenvalue weighted by Crippen LogP contribution is -2.32. The van der Waals surface area contributed by atoms with Crippen LogP contribution in [0.5, 0.6) is 5.75 Å². The Morgan fingerprint density at radius 2 is 2.03 bits per heavy atom. The Labute approximate surface area is 204 Å². The molecule has 1 saturated carbocycles. The molecule has 0 radical (unpaired) electrons. The summed E-state index contributed by atoms with van der Waals surface area (Å²) in [6.07, 6.45) is 6.42. The fourth-order valence-corrected chi connectivity index (χ4v) is 5.32. The summed E-state index contributed by atoms with van der Waals surface area (Å²) in [6.45, 7) is 19.4. The summed E-state index contributed by atoms with van der Waals surface area (Å²) in [5.41, 5.74) is 6.91. The first-order valence-corrected chi connectivity index (χ1v) is 11.8. The second-order valence-electron chi connectivity index (χ2n) is 9.38. The van der Waals surface area contributed by atoms with Gasteiger partial charge in [-0.3, -0.25) is 14.7 Å². The minimum Gasteiger partial charge on any atom is -0.493 e. The van der Waals surface area contributed by atoms with Crippen molar-refractivity contribution in [1.82, 2.24) is 29.5 Å². The Hall–Kier alpha value is -3.95. The molecule has 0 aromatic carbocycles. The van der Waals surface area contributed by atoms with Crippen molar-refractivity contribution in [3.05, 3.63) is 64.8 Å². The SMILES string of the molecule is [C-]#[N+]CN(C[N+]#[C-])C1CCC(c2ccc3[nH]c(-c4cc(OC)c5ncnn5c4)c(C(C)C)c3n2)C1. The Morgan fingerprint density at radius 1 is 1.23 bits per heavy atom. The average Bonchev–Trinajstić information content (AvgIpc) is 3.60. The molecule has 178 valence electrons. The Bertz CT molecular complexity index is 1440. The van der Waals surface area contributed by atoms with Gasteiger partial charge in [0.05, 0.1) is 23.8 Å². The van der Waals surface area contributed by atoms with Gasteiger partial charge in [-0.1, -0.05) is 13.8 Å². The van der Waals surface area contributed by atoms with Crippen LogP contribution in [0.3, 0.4) is 0 Å². The highest BCUT2D eigenvalue weighted by molar-refractivity contribution is 5.89. The first-order chi connectivity index (χ1) is 17.0. The number of pyridine rings is 2. The van der Waals surface area contributed by atoms with Crippen LogP contribution in [-0.2, 0) is 0 Å². The second kappa shape index (κ2) is 9.36. The Morgan fingerprint density at radius 3 is 2.74 bits per heavy atom. The van der Waals surface area contributed by atoms with E-state index in [-0.39, 0.29) is 25.3 Å². The third-order valence-electron chi connectivity index (χ3n) is 6.97. The van der Waals surface area contributed by atoms with Gasteiger partial charge < -0.3 is 9.72 Å². The second-order valence-corrected chi connectivity index (χ2v) is 9.38. The molecule has 4 aromatic heterocycles. The molecule has 4 aromatic rings. The lowest BCUT2D eigenvalue weighted by atomic mass is 9.97. The smallest absolute Gasteiger partial charge is 0.276 e. The maximum absolute atomic E-state index is 7.23. The van der Waals surface area contributed by atoms with Gasteiger partial charge in [0.2, 0.25) is 0 Å². The number of fused-ring (bicyclic) bond motifs is 2. The third-order valence-corrected chi connectivity index (χ3v) is 6.97. The van der Waals surface area contributed by atoms with E-state index in [2.05, 4.69) is 50.7 Å². The van der Waals surface area contributed by atoms with Gasteiger partial charge >= 0.3 is 0 Å². The van der Waals surface area contributed by atoms with Crippen LogP contribution in [0.4, 0.5) is 0 Å². The molecule has 5 rings (SSSR count). The molecule has 9 nitrogen and oxygen atoms in total. The minimum atomic E-state index is 0.253. The molecule has 2 unspecified atom stereocenters. The van der Waals surface area contributed by atoms with E-state index in [4.69, 9.17) is 22.9 Å². The fourth-order valence-electron chi connectivity index (χ4n) is 5.32. The van der Waals surface area contributed by atoms with Gasteiger partial charge in [-0.2, -0.15) is 10.00 Å². The number of H-pyrrole nitrogens is 1. The highest BCUT2D eigenvalue weighted by atomic mass is 16.5. The molecule has 9 heteroatoms. The first kappa shape index (κ1) is 22.8. The Balaban J connectivity index is 1.53. The van der Waals surface area contributed by atoms with Crippen molar-refractivity contribution in [2.24, 2.45) is 0 Å². The number of methoxy groups -OCH3 is 1. The number of nitrogens with one attached hydrogen (secondary N) is 1. The van der Waals surface area contributed by atoms with Gasteiger partial charge in [0.1, 0.15) is 6.33 Å². The molecule has 0 bridgehead atoms. The number of hydrogen-bond donors (Lipinski definition) is 1. The molecule has 1 aliphatic rings. The highest BCUT2D eigenvalue weighted by Crippen LogP contribution is 2.40. The molecule has 1 aliphatic carbocycles. The number of hydrogen-bond acceptors (Lipinski definition) is 5. The standard InChI is InChI=1S/C26H28N8O/c1-16(2)23-24(18-11-22(35-5)26-29-13-30-34(26)12-18)32-21-9-8-20(31-25(21)23)17-6-7-19(10-17)33(14-27-3)15-28-4/h8-9,11-13,16-17,19,32H,6-7,10,14-15H2,1-2,5H3. The van der Waals surface area contributed by atoms with E-state index in [0.717, 1.165) is 47.2 Å². The summed E-state index contributed by atoms with van der Waals surface area (Å²) in [4.78, 5) is 22.1. The van der Waals surface area contributed by atoms with Gasteiger partial charge in [0.25, 0.3) is 13.3 Å². The van der Waals surface area contributed by atoms with Gasteiger partial charge in [-0.05, 0) is 43.4 Å². The number of aromatic nitrogens is 5. The van der Waals surface area contributed by atoms with Crippen LogP contribution in [0, 0.1) is 13.1 Å². The van der Waals surface area contributed by atoms with Crippen molar-refractivity contribution < 1.29 is 4.74 Å². The van der Waals surface area contributed by atoms with Crippen LogP contribution >= 0.6 is 0 Å². The molecule has 2 atom stereocenters. The average molecular weight is 469 g/mol. The largest absolute Gasteiger partial charge is 0.493 e. The molecule has 0 aliphatic heterocycles. The lowest BCUT2D eigenvalue weighted by molar-refractivity contribution is 0.240. The van der Waals surface area contributed by atoms with Crippen molar-refractivity contribution in [2.45, 2.75) is 51.0 Å². The first-order valence-electron chi connectivity index (χ1n) is 11.8. The van der Waals surface area contributed by atoms with Crippen LogP contribution < -0.4 is 4.74 Å². The summed E-state index contributed by atoms with van der Waals surface area (Å²) in [5, 5.41) is 4.31. The van der Waals surface area contributed by atoms with Crippen molar-refractivity contribution in [3.8, 4) is 17.0 Å². The van der Waals surface area contributed by atoms with E-state index < -0.39 is 0 Å². The quantitative estimate of drug-likeness (QED) is 0.382. The van der Waals surface area contributed by atoms with E-state index >= 15 is 0 Å². The van der Waals surface area contributed by atoms with Crippen molar-refractivity contribution >= 4 is 16.7 Å². The van der Waals surface area contributed by atoms with Gasteiger partial charge in [0.15, 0.2) is 11.4 Å². The Kier molecular flexibility index (Phi) is 6.10. The van der Waals surface area contributed by atoms with E-state index in [1.165, 1.54) is 11.9 Å². The summed E-state index contributed by atoms with van der Waals surface area (Å²) < 4.78 is 7.31. The maximum Gasteiger partial charge on any atom is 0.276 e. The van der Waals surface area contributed by atoms with Crippen LogP contribution in [0.15, 0.2) is 30.7 Å². The molecule has 0 spiro atoms. The molecule has 0 saturated heterocycles. The van der Waals surface area contributed by atoms with Crippen LogP contribution in [0.1, 0.15) is 56.2 Å². The van der Waals surface area contributed by atoms with Crippen molar-refractivity contribution in [3.63, 3.8) is 0 Å². The van der Waals surface area contributed by atoms with Crippen molar-refractivity contribution in [1.29, 1.82) is 0 Å². The zero-order chi connectivity index (χ0) is 24.5. The van der Waals surface area contributed by atoms with Gasteiger partial charge in [-0.15, -0.1) is 0 Å². The van der Waals surface area contributed by atoms with E-state index in [9.17, 15) is 0 Å². The molecule has 1 fully saturated rings. The van der Waals surface area contributed by atoms with Gasteiger partial charge in [0, 0.05) is 35.0 Å². The summed E-state index contributed by atoms with van der Waals surface area (Å²) in [6, 6.07) is 6.50. The number of ether oxygens (including phenoxy) is 1. The molecule has 0 amide bonds. The van der Waals surface area contributed by atoms with Crippen molar-refractivity contribution in [2.75, 3.05) is 20.4 Å². The summed E-state index contributed by atoms with van der Waals surface area (Å²) in [5.74, 6) is 1.25. The monoisotopic (exact) mass is 468 g/mol. The van der Waals surface area contributed by atoms with Crippen LogP contribution in [0.2, 0.25) is 0 Å². The summed E-state index contributed by atoms with van der Waals surface area (Å²) in [7, 11) is 1.64. The molecule has 4 heterocycles. The zero-order valence-corrected chi connectivity index (χ0v) is 20.2. The van der Waals surface area contributed by atoms with E-state index in [1.807, 2.05) is 17.2 Å². The molecule has 1 N–H and O–H groups in total. The summed E-state index contributed by atoms with van der Waals surface area (Å²) >= 11 is 0. The topological polar surface area (TPSA) is 80.1 Å². The number of rotatable bonds is 7. The van der Waals surface area contributed by atoms with Crippen LogP contribution in [0.25, 0.3) is 37.6 Å².